The van der Waals surface area contributed by atoms with Crippen LogP contribution in [-0.2, 0) is 24.8 Å². The standard InChI is InChI=1S/C11H20N2O5S2/c1-2-19(14,15)12-7-10-3-5-13(8-10)20(16,17)11-4-6-18-9-11/h2,10-12H,1,3-9H2. The van der Waals surface area contributed by atoms with Gasteiger partial charge < -0.3 is 4.74 Å². The summed E-state index contributed by atoms with van der Waals surface area (Å²) in [5.74, 6) is 0.00169. The number of hydrogen-bond donors (Lipinski definition) is 1. The Balaban J connectivity index is 1.90. The van der Waals surface area contributed by atoms with Gasteiger partial charge in [0.15, 0.2) is 0 Å². The maximum atomic E-state index is 12.3. The minimum Gasteiger partial charge on any atom is -0.380 e. The molecule has 0 aliphatic carbocycles. The Hall–Kier alpha value is -0.480. The third-order valence-electron chi connectivity index (χ3n) is 3.71. The average molecular weight is 324 g/mol. The lowest BCUT2D eigenvalue weighted by atomic mass is 10.1. The van der Waals surface area contributed by atoms with E-state index in [1.807, 2.05) is 0 Å². The van der Waals surface area contributed by atoms with E-state index in [4.69, 9.17) is 4.74 Å². The molecule has 2 atom stereocenters. The normalized spacial score (nSPS) is 28.8. The van der Waals surface area contributed by atoms with Gasteiger partial charge in [-0.25, -0.2) is 25.9 Å². The lowest BCUT2D eigenvalue weighted by molar-refractivity contribution is 0.198. The van der Waals surface area contributed by atoms with Crippen molar-refractivity contribution in [2.45, 2.75) is 18.1 Å². The fourth-order valence-corrected chi connectivity index (χ4v) is 4.89. The predicted octanol–water partition coefficient (Wildman–Crippen LogP) is -0.510. The van der Waals surface area contributed by atoms with Gasteiger partial charge in [-0.2, -0.15) is 0 Å². The minimum atomic E-state index is -3.45. The Morgan fingerprint density at radius 1 is 1.30 bits per heavy atom. The van der Waals surface area contributed by atoms with Crippen LogP contribution in [-0.4, -0.2) is 59.2 Å². The molecule has 0 radical (unpaired) electrons. The van der Waals surface area contributed by atoms with Crippen molar-refractivity contribution in [3.8, 4) is 0 Å². The van der Waals surface area contributed by atoms with Gasteiger partial charge >= 0.3 is 0 Å². The van der Waals surface area contributed by atoms with Crippen molar-refractivity contribution in [2.24, 2.45) is 5.92 Å². The van der Waals surface area contributed by atoms with E-state index in [1.165, 1.54) is 4.31 Å². The topological polar surface area (TPSA) is 92.8 Å². The van der Waals surface area contributed by atoms with Gasteiger partial charge in [-0.1, -0.05) is 6.58 Å². The van der Waals surface area contributed by atoms with Gasteiger partial charge in [-0.3, -0.25) is 0 Å². The number of nitrogens with zero attached hydrogens (tertiary/aromatic N) is 1. The molecule has 0 saturated carbocycles. The van der Waals surface area contributed by atoms with Crippen LogP contribution in [0.4, 0.5) is 0 Å². The van der Waals surface area contributed by atoms with E-state index >= 15 is 0 Å². The van der Waals surface area contributed by atoms with Gasteiger partial charge in [0.05, 0.1) is 6.61 Å². The Bertz CT molecular complexity index is 551. The first-order valence-electron chi connectivity index (χ1n) is 6.54. The SMILES string of the molecule is C=CS(=O)(=O)NCC1CCN(S(=O)(=O)C2CCOC2)C1. The van der Waals surface area contributed by atoms with Crippen molar-refractivity contribution in [2.75, 3.05) is 32.8 Å². The zero-order valence-electron chi connectivity index (χ0n) is 11.2. The molecule has 20 heavy (non-hydrogen) atoms. The first kappa shape index (κ1) is 15.9. The Morgan fingerprint density at radius 3 is 2.65 bits per heavy atom. The zero-order chi connectivity index (χ0) is 14.8. The van der Waals surface area contributed by atoms with E-state index in [0.717, 1.165) is 5.41 Å². The Labute approximate surface area is 120 Å². The van der Waals surface area contributed by atoms with Crippen LogP contribution in [0.15, 0.2) is 12.0 Å². The van der Waals surface area contributed by atoms with Gasteiger partial charge in [-0.15, -0.1) is 0 Å². The van der Waals surface area contributed by atoms with Crippen molar-refractivity contribution >= 4 is 20.0 Å². The maximum Gasteiger partial charge on any atom is 0.233 e. The van der Waals surface area contributed by atoms with Crippen LogP contribution in [0.3, 0.4) is 0 Å². The van der Waals surface area contributed by atoms with Crippen molar-refractivity contribution in [1.82, 2.24) is 9.03 Å². The monoisotopic (exact) mass is 324 g/mol. The molecular weight excluding hydrogens is 304 g/mol. The average Bonchev–Trinajstić information content (AvgIpc) is 3.08. The quantitative estimate of drug-likeness (QED) is 0.710. The molecule has 0 amide bonds. The number of hydrogen-bond acceptors (Lipinski definition) is 5. The molecule has 116 valence electrons. The van der Waals surface area contributed by atoms with Gasteiger partial charge in [0, 0.05) is 31.6 Å². The first-order valence-corrected chi connectivity index (χ1v) is 9.59. The van der Waals surface area contributed by atoms with E-state index in [2.05, 4.69) is 11.3 Å². The number of nitrogens with one attached hydrogen (secondary N) is 1. The molecule has 2 aliphatic heterocycles. The first-order chi connectivity index (χ1) is 9.35. The Kier molecular flexibility index (Phi) is 4.85. The lowest BCUT2D eigenvalue weighted by Gasteiger charge is -2.20. The molecular formula is C11H20N2O5S2. The zero-order valence-corrected chi connectivity index (χ0v) is 12.8. The molecule has 2 heterocycles. The van der Waals surface area contributed by atoms with E-state index in [-0.39, 0.29) is 19.1 Å². The van der Waals surface area contributed by atoms with Crippen LogP contribution in [0.2, 0.25) is 0 Å². The van der Waals surface area contributed by atoms with Crippen LogP contribution in [0.25, 0.3) is 0 Å². The molecule has 0 aromatic heterocycles. The highest BCUT2D eigenvalue weighted by molar-refractivity contribution is 7.92. The van der Waals surface area contributed by atoms with Gasteiger partial charge in [0.25, 0.3) is 0 Å². The second-order valence-electron chi connectivity index (χ2n) is 5.10. The molecule has 2 fully saturated rings. The summed E-state index contributed by atoms with van der Waals surface area (Å²) in [4.78, 5) is 0. The summed E-state index contributed by atoms with van der Waals surface area (Å²) in [6.45, 7) is 5.00. The number of ether oxygens (including phenoxy) is 1. The Morgan fingerprint density at radius 2 is 2.05 bits per heavy atom. The largest absolute Gasteiger partial charge is 0.380 e. The molecule has 9 heteroatoms. The van der Waals surface area contributed by atoms with E-state index in [1.54, 1.807) is 0 Å². The number of rotatable bonds is 6. The molecule has 2 rings (SSSR count). The lowest BCUT2D eigenvalue weighted by Crippen LogP contribution is -2.38. The summed E-state index contributed by atoms with van der Waals surface area (Å²) < 4.78 is 56.2. The molecule has 2 unspecified atom stereocenters. The molecule has 0 spiro atoms. The van der Waals surface area contributed by atoms with Crippen LogP contribution in [0.1, 0.15) is 12.8 Å². The summed E-state index contributed by atoms with van der Waals surface area (Å²) >= 11 is 0. The minimum absolute atomic E-state index is 0.00169. The highest BCUT2D eigenvalue weighted by Gasteiger charge is 2.38. The molecule has 7 nitrogen and oxygen atoms in total. The molecule has 2 aliphatic rings. The molecule has 1 N–H and O–H groups in total. The maximum absolute atomic E-state index is 12.3. The number of sulfonamides is 2. The fourth-order valence-electron chi connectivity index (χ4n) is 2.45. The third-order valence-corrected chi connectivity index (χ3v) is 6.98. The molecule has 2 saturated heterocycles. The molecule has 0 bridgehead atoms. The van der Waals surface area contributed by atoms with E-state index in [9.17, 15) is 16.8 Å². The summed E-state index contributed by atoms with van der Waals surface area (Å²) in [6, 6.07) is 0. The van der Waals surface area contributed by atoms with Crippen LogP contribution in [0.5, 0.6) is 0 Å². The van der Waals surface area contributed by atoms with Crippen molar-refractivity contribution < 1.29 is 21.6 Å². The fraction of sp³-hybridized carbons (Fsp3) is 0.818. The summed E-state index contributed by atoms with van der Waals surface area (Å²) in [5.41, 5.74) is 0. The van der Waals surface area contributed by atoms with Gasteiger partial charge in [0.1, 0.15) is 5.25 Å². The van der Waals surface area contributed by atoms with Gasteiger partial charge in [0.2, 0.25) is 20.0 Å². The van der Waals surface area contributed by atoms with Crippen molar-refractivity contribution in [3.05, 3.63) is 12.0 Å². The van der Waals surface area contributed by atoms with Crippen LogP contribution in [0, 0.1) is 5.92 Å². The second kappa shape index (κ2) is 6.10. The van der Waals surface area contributed by atoms with Crippen LogP contribution >= 0.6 is 0 Å². The van der Waals surface area contributed by atoms with Gasteiger partial charge in [-0.05, 0) is 18.8 Å². The van der Waals surface area contributed by atoms with Crippen LogP contribution < -0.4 is 4.72 Å². The van der Waals surface area contributed by atoms with E-state index in [0.29, 0.717) is 32.5 Å². The third kappa shape index (κ3) is 3.59. The molecule has 0 aromatic rings. The van der Waals surface area contributed by atoms with E-state index < -0.39 is 25.3 Å². The predicted molar refractivity (Wildman–Crippen MR) is 74.9 cm³/mol. The summed E-state index contributed by atoms with van der Waals surface area (Å²) in [7, 11) is -6.77. The highest BCUT2D eigenvalue weighted by atomic mass is 32.2. The van der Waals surface area contributed by atoms with Crippen molar-refractivity contribution in [1.29, 1.82) is 0 Å². The smallest absolute Gasteiger partial charge is 0.233 e. The highest BCUT2D eigenvalue weighted by Crippen LogP contribution is 2.25. The van der Waals surface area contributed by atoms with Crippen molar-refractivity contribution in [3.63, 3.8) is 0 Å². The second-order valence-corrected chi connectivity index (χ2v) is 9.03. The molecule has 0 aromatic carbocycles. The summed E-state index contributed by atoms with van der Waals surface area (Å²) in [6.07, 6.45) is 1.19. The summed E-state index contributed by atoms with van der Waals surface area (Å²) in [5, 5.41) is 0.401.